The Bertz CT molecular complexity index is 1250. The van der Waals surface area contributed by atoms with E-state index < -0.39 is 12.0 Å². The molecule has 8 nitrogen and oxygen atoms in total. The number of hydrogen-bond donors (Lipinski definition) is 1. The van der Waals surface area contributed by atoms with Crippen LogP contribution in [0.5, 0.6) is 11.5 Å². The van der Waals surface area contributed by atoms with Crippen LogP contribution in [0.4, 0.5) is 5.95 Å². The maximum Gasteiger partial charge on any atom is 0.338 e. The highest BCUT2D eigenvalue weighted by molar-refractivity contribution is 9.10. The van der Waals surface area contributed by atoms with Gasteiger partial charge in [-0.15, -0.1) is 5.10 Å². The van der Waals surface area contributed by atoms with Gasteiger partial charge in [-0.1, -0.05) is 49.0 Å². The van der Waals surface area contributed by atoms with Crippen LogP contribution in [0.15, 0.2) is 63.4 Å². The number of allylic oxidation sites excluding steroid dienone is 1. The lowest BCUT2D eigenvalue weighted by Gasteiger charge is -2.28. The van der Waals surface area contributed by atoms with Gasteiger partial charge < -0.3 is 19.5 Å². The number of halogens is 1. The van der Waals surface area contributed by atoms with Crippen LogP contribution in [0.1, 0.15) is 37.9 Å². The van der Waals surface area contributed by atoms with Gasteiger partial charge in [0.1, 0.15) is 12.6 Å². The van der Waals surface area contributed by atoms with Crippen molar-refractivity contribution in [3.63, 3.8) is 0 Å². The SMILES string of the molecule is CCOc1cc(C2C(C(=O)OC)=C(C)Nc3nc(SCC)nn32)cc(Br)c1OCc1ccccc1. The minimum atomic E-state index is -0.559. The summed E-state index contributed by atoms with van der Waals surface area (Å²) in [5.74, 6) is 2.12. The lowest BCUT2D eigenvalue weighted by molar-refractivity contribution is -0.136. The van der Waals surface area contributed by atoms with Crippen LogP contribution < -0.4 is 14.8 Å². The number of carbonyl (C=O) groups is 1. The van der Waals surface area contributed by atoms with Crippen LogP contribution in [-0.4, -0.2) is 40.2 Å². The highest BCUT2D eigenvalue weighted by atomic mass is 79.9. The second-order valence-corrected chi connectivity index (χ2v) is 9.78. The van der Waals surface area contributed by atoms with Crippen molar-refractivity contribution in [1.29, 1.82) is 0 Å². The molecule has 0 amide bonds. The molecule has 1 atom stereocenters. The van der Waals surface area contributed by atoms with Crippen LogP contribution in [0.2, 0.25) is 0 Å². The molecule has 0 radical (unpaired) electrons. The predicted octanol–water partition coefficient (Wildman–Crippen LogP) is 5.59. The van der Waals surface area contributed by atoms with Gasteiger partial charge >= 0.3 is 5.97 Å². The fraction of sp³-hybridized carbons (Fsp3) is 0.320. The third kappa shape index (κ3) is 5.33. The monoisotopic (exact) mass is 558 g/mol. The van der Waals surface area contributed by atoms with Gasteiger partial charge in [-0.3, -0.25) is 0 Å². The quantitative estimate of drug-likeness (QED) is 0.268. The number of carbonyl (C=O) groups excluding carboxylic acids is 1. The maximum atomic E-state index is 12.9. The molecular formula is C25H27BrN4O4S. The Balaban J connectivity index is 1.79. The third-order valence-corrected chi connectivity index (χ3v) is 6.69. The summed E-state index contributed by atoms with van der Waals surface area (Å²) in [6.45, 7) is 6.64. The van der Waals surface area contributed by atoms with E-state index in [2.05, 4.69) is 31.3 Å². The number of hydrogen-bond acceptors (Lipinski definition) is 8. The van der Waals surface area contributed by atoms with E-state index in [4.69, 9.17) is 14.2 Å². The normalized spacial score (nSPS) is 14.8. The number of thioether (sulfide) groups is 1. The van der Waals surface area contributed by atoms with E-state index in [1.807, 2.05) is 63.2 Å². The maximum absolute atomic E-state index is 12.9. The highest BCUT2D eigenvalue weighted by Gasteiger charge is 2.36. The molecule has 1 unspecified atom stereocenters. The first-order chi connectivity index (χ1) is 17.0. The first kappa shape index (κ1) is 25.1. The van der Waals surface area contributed by atoms with Crippen molar-refractivity contribution in [2.45, 2.75) is 38.6 Å². The summed E-state index contributed by atoms with van der Waals surface area (Å²) in [5, 5.41) is 8.51. The summed E-state index contributed by atoms with van der Waals surface area (Å²) >= 11 is 5.20. The second kappa shape index (κ2) is 11.2. The van der Waals surface area contributed by atoms with E-state index >= 15 is 0 Å². The molecule has 184 valence electrons. The number of rotatable bonds is 9. The second-order valence-electron chi connectivity index (χ2n) is 7.69. The summed E-state index contributed by atoms with van der Waals surface area (Å²) < 4.78 is 19.7. The smallest absolute Gasteiger partial charge is 0.338 e. The summed E-state index contributed by atoms with van der Waals surface area (Å²) in [6.07, 6.45) is 0. The van der Waals surface area contributed by atoms with Gasteiger partial charge in [0.15, 0.2) is 11.5 Å². The molecule has 0 saturated carbocycles. The average molecular weight is 559 g/mol. The van der Waals surface area contributed by atoms with Gasteiger partial charge in [0.25, 0.3) is 0 Å². The van der Waals surface area contributed by atoms with Crippen LogP contribution in [0.3, 0.4) is 0 Å². The number of aromatic nitrogens is 3. The summed E-state index contributed by atoms with van der Waals surface area (Å²) in [6, 6.07) is 13.2. The molecule has 1 aromatic heterocycles. The van der Waals surface area contributed by atoms with Crippen molar-refractivity contribution in [2.24, 2.45) is 0 Å². The van der Waals surface area contributed by atoms with E-state index in [0.29, 0.717) is 51.6 Å². The van der Waals surface area contributed by atoms with E-state index in [1.54, 1.807) is 4.68 Å². The van der Waals surface area contributed by atoms with Gasteiger partial charge in [-0.25, -0.2) is 9.48 Å². The van der Waals surface area contributed by atoms with Gasteiger partial charge in [-0.05, 0) is 58.8 Å². The number of fused-ring (bicyclic) bond motifs is 1. The average Bonchev–Trinajstić information content (AvgIpc) is 3.25. The lowest BCUT2D eigenvalue weighted by atomic mass is 9.95. The van der Waals surface area contributed by atoms with Crippen molar-refractivity contribution in [2.75, 3.05) is 24.8 Å². The molecule has 2 aromatic carbocycles. The summed E-state index contributed by atoms with van der Waals surface area (Å²) in [7, 11) is 1.37. The molecule has 4 rings (SSSR count). The van der Waals surface area contributed by atoms with Gasteiger partial charge in [0.05, 0.1) is 23.8 Å². The zero-order valence-corrected chi connectivity index (χ0v) is 22.4. The number of methoxy groups -OCH3 is 1. The Hall–Kier alpha value is -2.98. The molecule has 10 heteroatoms. The Morgan fingerprint density at radius 1 is 1.20 bits per heavy atom. The van der Waals surface area contributed by atoms with Crippen molar-refractivity contribution >= 4 is 39.6 Å². The van der Waals surface area contributed by atoms with Crippen LogP contribution in [-0.2, 0) is 16.1 Å². The number of anilines is 1. The summed E-state index contributed by atoms with van der Waals surface area (Å²) in [5.41, 5.74) is 2.94. The summed E-state index contributed by atoms with van der Waals surface area (Å²) in [4.78, 5) is 17.5. The number of ether oxygens (including phenoxy) is 3. The molecule has 3 aromatic rings. The molecule has 1 aliphatic heterocycles. The number of nitrogens with one attached hydrogen (secondary N) is 1. The van der Waals surface area contributed by atoms with E-state index in [9.17, 15) is 4.79 Å². The van der Waals surface area contributed by atoms with Gasteiger partial charge in [-0.2, -0.15) is 4.98 Å². The standard InChI is InChI=1S/C25H27BrN4O4S/c1-5-33-19-13-17(12-18(26)22(19)34-14-16-10-8-7-9-11-16)21-20(23(31)32-4)15(3)27-24-28-25(35-6-2)29-30(21)24/h7-13,21H,5-6,14H2,1-4H3,(H,27,28,29). The molecule has 35 heavy (non-hydrogen) atoms. The third-order valence-electron chi connectivity index (χ3n) is 5.39. The number of benzene rings is 2. The first-order valence-electron chi connectivity index (χ1n) is 11.2. The van der Waals surface area contributed by atoms with E-state index in [1.165, 1.54) is 18.9 Å². The zero-order chi connectivity index (χ0) is 24.9. The highest BCUT2D eigenvalue weighted by Crippen LogP contribution is 2.43. The van der Waals surface area contributed by atoms with Gasteiger partial charge in [0.2, 0.25) is 11.1 Å². The van der Waals surface area contributed by atoms with Crippen molar-refractivity contribution in [3.05, 3.63) is 69.3 Å². The molecule has 1 aliphatic rings. The van der Waals surface area contributed by atoms with E-state index in [-0.39, 0.29) is 0 Å². The number of nitrogens with zero attached hydrogens (tertiary/aromatic N) is 3. The fourth-order valence-corrected chi connectivity index (χ4v) is 5.01. The Labute approximate surface area is 217 Å². The van der Waals surface area contributed by atoms with Crippen molar-refractivity contribution in [1.82, 2.24) is 14.8 Å². The first-order valence-corrected chi connectivity index (χ1v) is 13.0. The zero-order valence-electron chi connectivity index (χ0n) is 20.0. The van der Waals surface area contributed by atoms with Crippen molar-refractivity contribution in [3.8, 4) is 11.5 Å². The van der Waals surface area contributed by atoms with E-state index in [0.717, 1.165) is 16.9 Å². The lowest BCUT2D eigenvalue weighted by Crippen LogP contribution is -2.29. The molecule has 0 saturated heterocycles. The van der Waals surface area contributed by atoms with Crippen LogP contribution in [0, 0.1) is 0 Å². The molecule has 0 fully saturated rings. The predicted molar refractivity (Wildman–Crippen MR) is 139 cm³/mol. The molecule has 0 bridgehead atoms. The Morgan fingerprint density at radius 3 is 2.66 bits per heavy atom. The minimum Gasteiger partial charge on any atom is -0.490 e. The molecule has 0 spiro atoms. The topological polar surface area (TPSA) is 87.5 Å². The molecule has 0 aliphatic carbocycles. The van der Waals surface area contributed by atoms with Crippen molar-refractivity contribution < 1.29 is 19.0 Å². The largest absolute Gasteiger partial charge is 0.490 e. The molecule has 2 heterocycles. The minimum absolute atomic E-state index is 0.392. The molecular weight excluding hydrogens is 532 g/mol. The molecule has 1 N–H and O–H groups in total. The van der Waals surface area contributed by atoms with Gasteiger partial charge in [0, 0.05) is 5.70 Å². The Kier molecular flexibility index (Phi) is 8.02. The fourth-order valence-electron chi connectivity index (χ4n) is 3.88. The van der Waals surface area contributed by atoms with Crippen LogP contribution >= 0.6 is 27.7 Å². The van der Waals surface area contributed by atoms with Crippen LogP contribution in [0.25, 0.3) is 0 Å². The Morgan fingerprint density at radius 2 is 1.97 bits per heavy atom. The number of esters is 1.